The molecule has 7 N–H and O–H groups in total. The van der Waals surface area contributed by atoms with Crippen molar-refractivity contribution in [1.29, 1.82) is 0 Å². The Morgan fingerprint density at radius 1 is 1.19 bits per heavy atom. The predicted molar refractivity (Wildman–Crippen MR) is 75.0 cm³/mol. The van der Waals surface area contributed by atoms with Gasteiger partial charge in [-0.05, 0) is 17.7 Å². The topological polar surface area (TPSA) is 148 Å². The molecule has 8 heteroatoms. The molecule has 8 nitrogen and oxygen atoms in total. The lowest BCUT2D eigenvalue weighted by molar-refractivity contribution is -0.129. The fraction of sp³-hybridized carbons (Fsp3) is 0.308. The van der Waals surface area contributed by atoms with Gasteiger partial charge < -0.3 is 27.2 Å². The molecule has 114 valence electrons. The van der Waals surface area contributed by atoms with Crippen LogP contribution in [0.2, 0.25) is 0 Å². The van der Waals surface area contributed by atoms with Crippen LogP contribution in [0.25, 0.3) is 0 Å². The van der Waals surface area contributed by atoms with Crippen molar-refractivity contribution >= 4 is 17.7 Å². The van der Waals surface area contributed by atoms with E-state index in [0.717, 1.165) is 5.56 Å². The molecule has 0 saturated heterocycles. The first kappa shape index (κ1) is 16.4. The Kier molecular flexibility index (Phi) is 6.15. The van der Waals surface area contributed by atoms with E-state index >= 15 is 0 Å². The Balaban J connectivity index is 2.75. The quantitative estimate of drug-likeness (QED) is 0.394. The van der Waals surface area contributed by atoms with Crippen molar-refractivity contribution in [2.75, 3.05) is 13.1 Å². The lowest BCUT2D eigenvalue weighted by atomic mass is 10.0. The van der Waals surface area contributed by atoms with E-state index in [-0.39, 0.29) is 25.3 Å². The molecule has 0 fully saturated rings. The molecule has 1 aromatic carbocycles. The lowest BCUT2D eigenvalue weighted by Crippen LogP contribution is -2.50. The highest BCUT2D eigenvalue weighted by molar-refractivity contribution is 5.90. The van der Waals surface area contributed by atoms with Crippen LogP contribution in [-0.4, -0.2) is 42.0 Å². The molecule has 0 saturated carbocycles. The summed E-state index contributed by atoms with van der Waals surface area (Å²) in [5, 5.41) is 14.0. The van der Waals surface area contributed by atoms with Gasteiger partial charge in [0.25, 0.3) is 0 Å². The third-order valence-corrected chi connectivity index (χ3v) is 2.65. The molecule has 0 aliphatic rings. The maximum absolute atomic E-state index is 11.9. The summed E-state index contributed by atoms with van der Waals surface area (Å²) in [6, 6.07) is 5.30. The smallest absolute Gasteiger partial charge is 0.243 e. The lowest BCUT2D eigenvalue weighted by Gasteiger charge is -2.18. The van der Waals surface area contributed by atoms with Crippen molar-refractivity contribution in [1.82, 2.24) is 10.6 Å². The Morgan fingerprint density at radius 3 is 2.33 bits per heavy atom. The monoisotopic (exact) mass is 294 g/mol. The van der Waals surface area contributed by atoms with E-state index in [2.05, 4.69) is 10.6 Å². The van der Waals surface area contributed by atoms with Crippen LogP contribution in [0.1, 0.15) is 5.56 Å². The number of phenolic OH excluding ortho intramolecular Hbond substituents is 1. The third-order valence-electron chi connectivity index (χ3n) is 2.65. The van der Waals surface area contributed by atoms with Crippen molar-refractivity contribution in [3.63, 3.8) is 0 Å². The van der Waals surface area contributed by atoms with Crippen LogP contribution in [-0.2, 0) is 20.8 Å². The zero-order chi connectivity index (χ0) is 15.8. The summed E-state index contributed by atoms with van der Waals surface area (Å²) < 4.78 is 0. The van der Waals surface area contributed by atoms with Crippen LogP contribution >= 0.6 is 0 Å². The largest absolute Gasteiger partial charge is 0.508 e. The van der Waals surface area contributed by atoms with Gasteiger partial charge in [-0.2, -0.15) is 0 Å². The average molecular weight is 294 g/mol. The van der Waals surface area contributed by atoms with Crippen LogP contribution in [0.5, 0.6) is 5.75 Å². The van der Waals surface area contributed by atoms with Crippen LogP contribution in [0, 0.1) is 0 Å². The van der Waals surface area contributed by atoms with Gasteiger partial charge in [0.2, 0.25) is 17.7 Å². The maximum Gasteiger partial charge on any atom is 0.243 e. The first-order valence-corrected chi connectivity index (χ1v) is 6.25. The molecule has 1 aromatic rings. The van der Waals surface area contributed by atoms with Gasteiger partial charge in [0.15, 0.2) is 0 Å². The van der Waals surface area contributed by atoms with Gasteiger partial charge in [0.1, 0.15) is 11.8 Å². The van der Waals surface area contributed by atoms with E-state index in [1.807, 2.05) is 0 Å². The van der Waals surface area contributed by atoms with Crippen LogP contribution in [0.3, 0.4) is 0 Å². The molecule has 21 heavy (non-hydrogen) atoms. The predicted octanol–water partition coefficient (Wildman–Crippen LogP) is -2.02. The van der Waals surface area contributed by atoms with Crippen LogP contribution in [0.15, 0.2) is 24.3 Å². The second-order valence-corrected chi connectivity index (χ2v) is 4.38. The highest BCUT2D eigenvalue weighted by atomic mass is 16.3. The van der Waals surface area contributed by atoms with Gasteiger partial charge in [0, 0.05) is 6.42 Å². The number of benzene rings is 1. The molecular weight excluding hydrogens is 276 g/mol. The standard InChI is InChI=1S/C13H18N4O4/c14-6-12(20)17-10(13(21)16-7-11(15)19)5-8-1-3-9(18)4-2-8/h1-4,10,18H,5-7,14H2,(H2,15,19)(H,16,21)(H,17,20)/t10-/m0/s1. The molecule has 1 atom stereocenters. The van der Waals surface area contributed by atoms with E-state index < -0.39 is 23.8 Å². The van der Waals surface area contributed by atoms with Crippen molar-refractivity contribution in [2.45, 2.75) is 12.5 Å². The fourth-order valence-corrected chi connectivity index (χ4v) is 1.63. The van der Waals surface area contributed by atoms with Crippen molar-refractivity contribution in [3.8, 4) is 5.75 Å². The number of hydrogen-bond acceptors (Lipinski definition) is 5. The number of aromatic hydroxyl groups is 1. The minimum atomic E-state index is -0.884. The summed E-state index contributed by atoms with van der Waals surface area (Å²) in [5.74, 6) is -1.62. The first-order valence-electron chi connectivity index (χ1n) is 6.25. The van der Waals surface area contributed by atoms with Gasteiger partial charge in [-0.1, -0.05) is 12.1 Å². The molecule has 3 amide bonds. The number of primary amides is 1. The van der Waals surface area contributed by atoms with Crippen molar-refractivity contribution in [2.24, 2.45) is 11.5 Å². The van der Waals surface area contributed by atoms with E-state index in [0.29, 0.717) is 0 Å². The van der Waals surface area contributed by atoms with Gasteiger partial charge >= 0.3 is 0 Å². The molecule has 0 radical (unpaired) electrons. The maximum atomic E-state index is 11.9. The van der Waals surface area contributed by atoms with E-state index in [9.17, 15) is 19.5 Å². The molecule has 0 unspecified atom stereocenters. The molecule has 0 bridgehead atoms. The summed E-state index contributed by atoms with van der Waals surface area (Å²) in [5.41, 5.74) is 10.9. The highest BCUT2D eigenvalue weighted by Crippen LogP contribution is 2.11. The summed E-state index contributed by atoms with van der Waals surface area (Å²) in [6.07, 6.45) is 0.191. The molecule has 0 spiro atoms. The van der Waals surface area contributed by atoms with Crippen LogP contribution < -0.4 is 22.1 Å². The number of nitrogens with two attached hydrogens (primary N) is 2. The Labute approximate surface area is 121 Å². The second kappa shape index (κ2) is 7.85. The number of nitrogens with one attached hydrogen (secondary N) is 2. The summed E-state index contributed by atoms with van der Waals surface area (Å²) in [7, 11) is 0. The van der Waals surface area contributed by atoms with E-state index in [1.54, 1.807) is 12.1 Å². The fourth-order valence-electron chi connectivity index (χ4n) is 1.63. The summed E-state index contributed by atoms with van der Waals surface area (Å²) >= 11 is 0. The number of amides is 3. The molecule has 0 aromatic heterocycles. The molecule has 0 heterocycles. The molecule has 1 rings (SSSR count). The summed E-state index contributed by atoms with van der Waals surface area (Å²) in [4.78, 5) is 34.0. The Hall–Kier alpha value is -2.61. The third kappa shape index (κ3) is 5.91. The van der Waals surface area contributed by atoms with Gasteiger partial charge in [-0.3, -0.25) is 14.4 Å². The zero-order valence-corrected chi connectivity index (χ0v) is 11.3. The van der Waals surface area contributed by atoms with Gasteiger partial charge in [0.05, 0.1) is 13.1 Å². The number of phenols is 1. The number of rotatable bonds is 7. The minimum absolute atomic E-state index is 0.0967. The molecule has 0 aliphatic carbocycles. The highest BCUT2D eigenvalue weighted by Gasteiger charge is 2.20. The first-order chi connectivity index (χ1) is 9.92. The number of hydrogen-bond donors (Lipinski definition) is 5. The van der Waals surface area contributed by atoms with Crippen molar-refractivity contribution in [3.05, 3.63) is 29.8 Å². The Bertz CT molecular complexity index is 515. The Morgan fingerprint density at radius 2 is 1.81 bits per heavy atom. The second-order valence-electron chi connectivity index (χ2n) is 4.38. The van der Waals surface area contributed by atoms with E-state index in [1.165, 1.54) is 12.1 Å². The van der Waals surface area contributed by atoms with Crippen LogP contribution in [0.4, 0.5) is 0 Å². The van der Waals surface area contributed by atoms with E-state index in [4.69, 9.17) is 11.5 Å². The zero-order valence-electron chi connectivity index (χ0n) is 11.3. The van der Waals surface area contributed by atoms with Crippen molar-refractivity contribution < 1.29 is 19.5 Å². The average Bonchev–Trinajstić information content (AvgIpc) is 2.46. The molecular formula is C13H18N4O4. The normalized spacial score (nSPS) is 11.5. The van der Waals surface area contributed by atoms with Gasteiger partial charge in [-0.15, -0.1) is 0 Å². The minimum Gasteiger partial charge on any atom is -0.508 e. The summed E-state index contributed by atoms with van der Waals surface area (Å²) in [6.45, 7) is -0.571. The van der Waals surface area contributed by atoms with Gasteiger partial charge in [-0.25, -0.2) is 0 Å². The number of carbonyl (C=O) groups is 3. The molecule has 0 aliphatic heterocycles. The SMILES string of the molecule is NCC(=O)N[C@@H](Cc1ccc(O)cc1)C(=O)NCC(N)=O. The number of carbonyl (C=O) groups excluding carboxylic acids is 3.